The normalized spacial score (nSPS) is 11.0. The Labute approximate surface area is 145 Å². The number of aromatic nitrogens is 6. The lowest BCUT2D eigenvalue weighted by Gasteiger charge is -2.08. The van der Waals surface area contributed by atoms with E-state index in [9.17, 15) is 13.6 Å². The summed E-state index contributed by atoms with van der Waals surface area (Å²) in [5, 5.41) is 14.5. The van der Waals surface area contributed by atoms with Crippen LogP contribution >= 0.6 is 11.8 Å². The Hall–Kier alpha value is -2.82. The van der Waals surface area contributed by atoms with Crippen LogP contribution in [0, 0.1) is 0 Å². The predicted molar refractivity (Wildman–Crippen MR) is 86.5 cm³/mol. The minimum absolute atomic E-state index is 0.184. The molecule has 0 spiro atoms. The molecule has 0 unspecified atom stereocenters. The molecule has 3 rings (SSSR count). The molecule has 1 amide bonds. The number of imidazole rings is 1. The highest BCUT2D eigenvalue weighted by Gasteiger charge is 2.15. The average molecular weight is 365 g/mol. The van der Waals surface area contributed by atoms with Crippen LogP contribution in [0.1, 0.15) is 19.3 Å². The van der Waals surface area contributed by atoms with Gasteiger partial charge in [0.2, 0.25) is 11.1 Å². The monoisotopic (exact) mass is 365 g/mol. The number of benzene rings is 1. The molecule has 0 aliphatic rings. The number of rotatable bonds is 6. The molecule has 0 atom stereocenters. The molecule has 25 heavy (non-hydrogen) atoms. The second-order valence-electron chi connectivity index (χ2n) is 4.92. The molecule has 3 aromatic rings. The molecule has 0 saturated carbocycles. The fourth-order valence-electron chi connectivity index (χ4n) is 2.11. The van der Waals surface area contributed by atoms with Crippen LogP contribution in [0.4, 0.5) is 14.5 Å². The highest BCUT2D eigenvalue weighted by atomic mass is 32.2. The van der Waals surface area contributed by atoms with E-state index in [1.54, 1.807) is 24.3 Å². The number of carbonyl (C=O) groups excluding carboxylic acids is 1. The fraction of sp³-hybridized carbons (Fsp3) is 0.214. The molecule has 0 fully saturated rings. The largest absolute Gasteiger partial charge is 0.326 e. The number of halogens is 2. The summed E-state index contributed by atoms with van der Waals surface area (Å²) in [7, 11) is 0. The van der Waals surface area contributed by atoms with Crippen LogP contribution in [0.3, 0.4) is 0 Å². The van der Waals surface area contributed by atoms with Crippen molar-refractivity contribution >= 4 is 23.4 Å². The third-order valence-electron chi connectivity index (χ3n) is 3.14. The van der Waals surface area contributed by atoms with E-state index in [4.69, 9.17) is 0 Å². The Bertz CT molecular complexity index is 879. The number of carbonyl (C=O) groups is 1. The van der Waals surface area contributed by atoms with Crippen molar-refractivity contribution in [3.05, 3.63) is 42.5 Å². The first kappa shape index (κ1) is 17.0. The van der Waals surface area contributed by atoms with Gasteiger partial charge < -0.3 is 5.32 Å². The van der Waals surface area contributed by atoms with Crippen molar-refractivity contribution in [2.75, 3.05) is 5.32 Å². The molecule has 0 aliphatic heterocycles. The number of hydrogen-bond acceptors (Lipinski definition) is 6. The Morgan fingerprint density at radius 1 is 1.40 bits per heavy atom. The number of thioether (sulfide) groups is 1. The zero-order valence-corrected chi connectivity index (χ0v) is 13.8. The van der Waals surface area contributed by atoms with Crippen LogP contribution in [-0.4, -0.2) is 35.7 Å². The summed E-state index contributed by atoms with van der Waals surface area (Å²) in [5.41, 5.74) is 1.24. The summed E-state index contributed by atoms with van der Waals surface area (Å²) in [5.74, 6) is 0.215. The molecule has 0 bridgehead atoms. The van der Waals surface area contributed by atoms with E-state index in [2.05, 4.69) is 25.8 Å². The van der Waals surface area contributed by atoms with E-state index in [1.807, 2.05) is 0 Å². The molecule has 0 aliphatic carbocycles. The Morgan fingerprint density at radius 2 is 2.24 bits per heavy atom. The molecule has 0 radical (unpaired) electrons. The molecule has 8 nitrogen and oxygen atoms in total. The fourth-order valence-corrected chi connectivity index (χ4v) is 2.95. The van der Waals surface area contributed by atoms with Gasteiger partial charge in [-0.15, -0.1) is 5.10 Å². The standard InChI is InChI=1S/C14H13F2N7OS/c1-9(24)18-10-3-2-4-11(7-10)23-14(19-20-21-23)25-8-12-17-5-6-22(12)13(15)16/h2-7,13H,8H2,1H3,(H,18,24). The van der Waals surface area contributed by atoms with Gasteiger partial charge in [0.05, 0.1) is 11.4 Å². The van der Waals surface area contributed by atoms with Crippen molar-refractivity contribution in [3.8, 4) is 5.69 Å². The predicted octanol–water partition coefficient (Wildman–Crippen LogP) is 2.50. The summed E-state index contributed by atoms with van der Waals surface area (Å²) in [6.45, 7) is -1.24. The van der Waals surface area contributed by atoms with Crippen molar-refractivity contribution in [2.24, 2.45) is 0 Å². The highest BCUT2D eigenvalue weighted by Crippen LogP contribution is 2.24. The third kappa shape index (κ3) is 3.99. The van der Waals surface area contributed by atoms with E-state index < -0.39 is 6.55 Å². The summed E-state index contributed by atoms with van der Waals surface area (Å²) >= 11 is 1.18. The van der Waals surface area contributed by atoms with Crippen molar-refractivity contribution in [1.29, 1.82) is 0 Å². The molecule has 11 heteroatoms. The zero-order chi connectivity index (χ0) is 17.8. The zero-order valence-electron chi connectivity index (χ0n) is 13.0. The number of anilines is 1. The van der Waals surface area contributed by atoms with Crippen molar-refractivity contribution < 1.29 is 13.6 Å². The maximum Gasteiger partial charge on any atom is 0.319 e. The van der Waals surface area contributed by atoms with Crippen LogP contribution < -0.4 is 5.32 Å². The van der Waals surface area contributed by atoms with Gasteiger partial charge in [-0.3, -0.25) is 9.36 Å². The summed E-state index contributed by atoms with van der Waals surface area (Å²) < 4.78 is 28.0. The molecular formula is C14H13F2N7OS. The maximum absolute atomic E-state index is 12.9. The Kier molecular flexibility index (Phi) is 5.03. The number of hydrogen-bond donors (Lipinski definition) is 1. The number of alkyl halides is 2. The van der Waals surface area contributed by atoms with Gasteiger partial charge in [0.25, 0.3) is 0 Å². The van der Waals surface area contributed by atoms with Crippen LogP contribution in [0.15, 0.2) is 41.8 Å². The maximum atomic E-state index is 12.9. The van der Waals surface area contributed by atoms with Crippen LogP contribution in [0.25, 0.3) is 5.69 Å². The van der Waals surface area contributed by atoms with Crippen molar-refractivity contribution in [3.63, 3.8) is 0 Å². The van der Waals surface area contributed by atoms with Crippen LogP contribution in [-0.2, 0) is 10.5 Å². The van der Waals surface area contributed by atoms with Crippen LogP contribution in [0.2, 0.25) is 0 Å². The van der Waals surface area contributed by atoms with E-state index in [0.717, 1.165) is 4.57 Å². The minimum Gasteiger partial charge on any atom is -0.326 e. The Balaban J connectivity index is 1.79. The quantitative estimate of drug-likeness (QED) is 0.675. The molecule has 2 aromatic heterocycles. The number of amides is 1. The third-order valence-corrected chi connectivity index (χ3v) is 4.06. The first-order valence-electron chi connectivity index (χ1n) is 7.13. The second kappa shape index (κ2) is 7.38. The van der Waals surface area contributed by atoms with Gasteiger partial charge in [0.15, 0.2) is 0 Å². The smallest absolute Gasteiger partial charge is 0.319 e. The highest BCUT2D eigenvalue weighted by molar-refractivity contribution is 7.98. The Morgan fingerprint density at radius 3 is 3.00 bits per heavy atom. The first-order valence-corrected chi connectivity index (χ1v) is 8.12. The van der Waals surface area contributed by atoms with Crippen LogP contribution in [0.5, 0.6) is 0 Å². The minimum atomic E-state index is -2.65. The molecule has 2 heterocycles. The summed E-state index contributed by atoms with van der Waals surface area (Å²) in [6, 6.07) is 6.97. The van der Waals surface area contributed by atoms with E-state index in [1.165, 1.54) is 35.8 Å². The number of nitrogens with one attached hydrogen (secondary N) is 1. The second-order valence-corrected chi connectivity index (χ2v) is 5.86. The topological polar surface area (TPSA) is 90.5 Å². The van der Waals surface area contributed by atoms with E-state index in [-0.39, 0.29) is 17.5 Å². The van der Waals surface area contributed by atoms with Gasteiger partial charge in [-0.1, -0.05) is 17.8 Å². The van der Waals surface area contributed by atoms with Gasteiger partial charge in [-0.25, -0.2) is 4.98 Å². The lowest BCUT2D eigenvalue weighted by Crippen LogP contribution is -2.07. The molecule has 1 N–H and O–H groups in total. The summed E-state index contributed by atoms with van der Waals surface area (Å²) in [6.07, 6.45) is 2.54. The molecule has 130 valence electrons. The SMILES string of the molecule is CC(=O)Nc1cccc(-n2nnnc2SCc2nccn2C(F)F)c1. The van der Waals surface area contributed by atoms with E-state index >= 15 is 0 Å². The van der Waals surface area contributed by atoms with Crippen molar-refractivity contribution in [2.45, 2.75) is 24.4 Å². The lowest BCUT2D eigenvalue weighted by molar-refractivity contribution is -0.114. The molecular weight excluding hydrogens is 352 g/mol. The molecule has 0 saturated heterocycles. The van der Waals surface area contributed by atoms with Gasteiger partial charge in [0, 0.05) is 25.0 Å². The van der Waals surface area contributed by atoms with Gasteiger partial charge in [0.1, 0.15) is 5.82 Å². The number of tetrazole rings is 1. The van der Waals surface area contributed by atoms with Crippen molar-refractivity contribution in [1.82, 2.24) is 29.8 Å². The average Bonchev–Trinajstić information content (AvgIpc) is 3.21. The molecule has 1 aromatic carbocycles. The van der Waals surface area contributed by atoms with E-state index in [0.29, 0.717) is 16.5 Å². The van der Waals surface area contributed by atoms with Gasteiger partial charge in [-0.2, -0.15) is 13.5 Å². The first-order chi connectivity index (χ1) is 12.0. The number of nitrogens with zero attached hydrogens (tertiary/aromatic N) is 6. The lowest BCUT2D eigenvalue weighted by atomic mass is 10.3. The van der Waals surface area contributed by atoms with Gasteiger partial charge >= 0.3 is 6.55 Å². The summed E-state index contributed by atoms with van der Waals surface area (Å²) in [4.78, 5) is 15.1. The van der Waals surface area contributed by atoms with Gasteiger partial charge in [-0.05, 0) is 28.6 Å².